The van der Waals surface area contributed by atoms with Crippen molar-refractivity contribution in [3.05, 3.63) is 57.6 Å². The van der Waals surface area contributed by atoms with Crippen LogP contribution in [-0.2, 0) is 9.59 Å². The summed E-state index contributed by atoms with van der Waals surface area (Å²) in [7, 11) is 0. The first-order chi connectivity index (χ1) is 11.9. The van der Waals surface area contributed by atoms with Crippen LogP contribution in [-0.4, -0.2) is 18.4 Å². The number of anilines is 2. The Labute approximate surface area is 156 Å². The molecule has 1 atom stereocenters. The van der Waals surface area contributed by atoms with Crippen LogP contribution in [0.1, 0.15) is 23.1 Å². The minimum atomic E-state index is -0.338. The maximum Gasteiger partial charge on any atom is 0.229 e. The first kappa shape index (κ1) is 17.7. The summed E-state index contributed by atoms with van der Waals surface area (Å²) in [6, 6.07) is 11.7. The van der Waals surface area contributed by atoms with Gasteiger partial charge in [-0.2, -0.15) is 0 Å². The third-order valence-electron chi connectivity index (χ3n) is 4.67. The lowest BCUT2D eigenvalue weighted by Crippen LogP contribution is -2.28. The van der Waals surface area contributed by atoms with E-state index in [0.29, 0.717) is 6.54 Å². The Morgan fingerprint density at radius 2 is 1.84 bits per heavy atom. The summed E-state index contributed by atoms with van der Waals surface area (Å²) in [4.78, 5) is 26.8. The van der Waals surface area contributed by atoms with E-state index in [1.807, 2.05) is 57.2 Å². The highest BCUT2D eigenvalue weighted by Gasteiger charge is 2.35. The topological polar surface area (TPSA) is 49.4 Å². The lowest BCUT2D eigenvalue weighted by molar-refractivity contribution is -0.122. The Kier molecular flexibility index (Phi) is 4.95. The number of halogens is 1. The Hall–Kier alpha value is -2.14. The Balaban J connectivity index is 1.75. The van der Waals surface area contributed by atoms with Crippen LogP contribution in [0.5, 0.6) is 0 Å². The number of rotatable bonds is 3. The Bertz CT molecular complexity index is 848. The zero-order chi connectivity index (χ0) is 18.1. The van der Waals surface area contributed by atoms with Gasteiger partial charge in [0, 0.05) is 28.8 Å². The smallest absolute Gasteiger partial charge is 0.229 e. The van der Waals surface area contributed by atoms with Crippen LogP contribution in [0.2, 0.25) is 0 Å². The number of carbonyl (C=O) groups excluding carboxylic acids is 2. The highest BCUT2D eigenvalue weighted by atomic mass is 79.9. The van der Waals surface area contributed by atoms with E-state index in [4.69, 9.17) is 0 Å². The molecule has 1 fully saturated rings. The van der Waals surface area contributed by atoms with E-state index in [-0.39, 0.29) is 24.2 Å². The van der Waals surface area contributed by atoms with E-state index in [1.165, 1.54) is 0 Å². The van der Waals surface area contributed by atoms with Gasteiger partial charge in [-0.1, -0.05) is 34.1 Å². The SMILES string of the molecule is Cc1cc(NC(=O)[C@H]2CC(=O)N(c3ccccc3C)C2)c(C)cc1Br. The average molecular weight is 401 g/mol. The van der Waals surface area contributed by atoms with Crippen LogP contribution in [0.4, 0.5) is 11.4 Å². The van der Waals surface area contributed by atoms with Crippen LogP contribution in [0.15, 0.2) is 40.9 Å². The van der Waals surface area contributed by atoms with E-state index in [1.54, 1.807) is 4.90 Å². The second kappa shape index (κ2) is 7.00. The van der Waals surface area contributed by atoms with Crippen LogP contribution in [0.3, 0.4) is 0 Å². The molecule has 2 aromatic rings. The van der Waals surface area contributed by atoms with Crippen molar-refractivity contribution < 1.29 is 9.59 Å². The quantitative estimate of drug-likeness (QED) is 0.831. The van der Waals surface area contributed by atoms with Gasteiger partial charge in [0.15, 0.2) is 0 Å². The molecule has 0 unspecified atom stereocenters. The van der Waals surface area contributed by atoms with Gasteiger partial charge in [-0.15, -0.1) is 0 Å². The number of nitrogens with one attached hydrogen (secondary N) is 1. The van der Waals surface area contributed by atoms with E-state index < -0.39 is 0 Å². The highest BCUT2D eigenvalue weighted by molar-refractivity contribution is 9.10. The molecule has 0 saturated carbocycles. The van der Waals surface area contributed by atoms with Gasteiger partial charge in [0.2, 0.25) is 11.8 Å². The van der Waals surface area contributed by atoms with E-state index in [9.17, 15) is 9.59 Å². The maximum absolute atomic E-state index is 12.7. The van der Waals surface area contributed by atoms with Crippen LogP contribution < -0.4 is 10.2 Å². The van der Waals surface area contributed by atoms with Gasteiger partial charge in [0.25, 0.3) is 0 Å². The summed E-state index contributed by atoms with van der Waals surface area (Å²) in [6.07, 6.45) is 0.245. The number of para-hydroxylation sites is 1. The number of carbonyl (C=O) groups is 2. The first-order valence-corrected chi connectivity index (χ1v) is 9.09. The van der Waals surface area contributed by atoms with Gasteiger partial charge < -0.3 is 10.2 Å². The molecule has 1 saturated heterocycles. The summed E-state index contributed by atoms with van der Waals surface area (Å²) in [5, 5.41) is 2.99. The fraction of sp³-hybridized carbons (Fsp3) is 0.300. The molecule has 0 spiro atoms. The minimum Gasteiger partial charge on any atom is -0.326 e. The molecule has 25 heavy (non-hydrogen) atoms. The second-order valence-electron chi connectivity index (χ2n) is 6.60. The number of hydrogen-bond acceptors (Lipinski definition) is 2. The number of nitrogens with zero attached hydrogens (tertiary/aromatic N) is 1. The highest BCUT2D eigenvalue weighted by Crippen LogP contribution is 2.29. The maximum atomic E-state index is 12.7. The molecule has 0 radical (unpaired) electrons. The van der Waals surface area contributed by atoms with Crippen molar-refractivity contribution in [1.29, 1.82) is 0 Å². The number of hydrogen-bond donors (Lipinski definition) is 1. The molecule has 1 N–H and O–H groups in total. The van der Waals surface area contributed by atoms with E-state index >= 15 is 0 Å². The molecular formula is C20H21BrN2O2. The molecule has 5 heteroatoms. The molecule has 0 aliphatic carbocycles. The minimum absolute atomic E-state index is 0.00170. The largest absolute Gasteiger partial charge is 0.326 e. The Morgan fingerprint density at radius 3 is 2.56 bits per heavy atom. The predicted octanol–water partition coefficient (Wildman–Crippen LogP) is 4.37. The van der Waals surface area contributed by atoms with Crippen molar-refractivity contribution >= 4 is 39.1 Å². The van der Waals surface area contributed by atoms with Crippen molar-refractivity contribution in [2.45, 2.75) is 27.2 Å². The summed E-state index contributed by atoms with van der Waals surface area (Å²) in [5.74, 6) is -0.442. The molecule has 1 aliphatic heterocycles. The van der Waals surface area contributed by atoms with Gasteiger partial charge in [-0.25, -0.2) is 0 Å². The normalized spacial score (nSPS) is 17.0. The molecule has 1 aliphatic rings. The third-order valence-corrected chi connectivity index (χ3v) is 5.52. The standard InChI is InChI=1S/C20H21BrN2O2/c1-12-6-4-5-7-18(12)23-11-15(10-19(23)24)20(25)22-17-9-13(2)16(21)8-14(17)3/h4-9,15H,10-11H2,1-3H3,(H,22,25)/t15-/m0/s1. The van der Waals surface area contributed by atoms with Crippen molar-refractivity contribution in [1.82, 2.24) is 0 Å². The molecule has 4 nitrogen and oxygen atoms in total. The Morgan fingerprint density at radius 1 is 1.12 bits per heavy atom. The summed E-state index contributed by atoms with van der Waals surface area (Å²) < 4.78 is 1.02. The zero-order valence-electron chi connectivity index (χ0n) is 14.6. The van der Waals surface area contributed by atoms with E-state index in [0.717, 1.165) is 32.5 Å². The molecule has 1 heterocycles. The summed E-state index contributed by atoms with van der Waals surface area (Å²) >= 11 is 3.50. The lowest BCUT2D eigenvalue weighted by Gasteiger charge is -2.19. The predicted molar refractivity (Wildman–Crippen MR) is 104 cm³/mol. The van der Waals surface area contributed by atoms with Crippen molar-refractivity contribution in [2.75, 3.05) is 16.8 Å². The van der Waals surface area contributed by atoms with Gasteiger partial charge in [0.05, 0.1) is 5.92 Å². The van der Waals surface area contributed by atoms with Crippen LogP contribution in [0.25, 0.3) is 0 Å². The van der Waals surface area contributed by atoms with Gasteiger partial charge in [-0.05, 0) is 55.7 Å². The van der Waals surface area contributed by atoms with Crippen molar-refractivity contribution in [3.8, 4) is 0 Å². The lowest BCUT2D eigenvalue weighted by atomic mass is 10.1. The molecule has 2 aromatic carbocycles. The van der Waals surface area contributed by atoms with Crippen LogP contribution >= 0.6 is 15.9 Å². The summed E-state index contributed by atoms with van der Waals surface area (Å²) in [6.45, 7) is 6.34. The number of benzene rings is 2. The van der Waals surface area contributed by atoms with Gasteiger partial charge in [0.1, 0.15) is 0 Å². The average Bonchev–Trinajstić information content (AvgIpc) is 2.95. The third kappa shape index (κ3) is 3.61. The molecule has 0 aromatic heterocycles. The molecule has 130 valence electrons. The fourth-order valence-corrected chi connectivity index (χ4v) is 3.59. The monoisotopic (exact) mass is 400 g/mol. The molecule has 0 bridgehead atoms. The van der Waals surface area contributed by atoms with Gasteiger partial charge in [-0.3, -0.25) is 9.59 Å². The van der Waals surface area contributed by atoms with Crippen LogP contribution in [0, 0.1) is 26.7 Å². The van der Waals surface area contributed by atoms with Crippen molar-refractivity contribution in [3.63, 3.8) is 0 Å². The van der Waals surface area contributed by atoms with E-state index in [2.05, 4.69) is 21.2 Å². The molecule has 2 amide bonds. The molecular weight excluding hydrogens is 380 g/mol. The number of amides is 2. The number of aryl methyl sites for hydroxylation is 3. The van der Waals surface area contributed by atoms with Crippen molar-refractivity contribution in [2.24, 2.45) is 5.92 Å². The fourth-order valence-electron chi connectivity index (χ4n) is 3.13. The van der Waals surface area contributed by atoms with Gasteiger partial charge >= 0.3 is 0 Å². The molecule has 3 rings (SSSR count). The zero-order valence-corrected chi connectivity index (χ0v) is 16.2. The second-order valence-corrected chi connectivity index (χ2v) is 7.45. The summed E-state index contributed by atoms with van der Waals surface area (Å²) in [5.41, 5.74) is 4.78. The first-order valence-electron chi connectivity index (χ1n) is 8.30.